The van der Waals surface area contributed by atoms with Crippen molar-refractivity contribution in [1.82, 2.24) is 9.55 Å². The third-order valence-electron chi connectivity index (χ3n) is 2.61. The van der Waals surface area contributed by atoms with Gasteiger partial charge in [-0.05, 0) is 19.1 Å². The first-order valence-electron chi connectivity index (χ1n) is 5.73. The van der Waals surface area contributed by atoms with Crippen molar-refractivity contribution in [3.63, 3.8) is 0 Å². The van der Waals surface area contributed by atoms with Crippen LogP contribution in [0.4, 0.5) is 0 Å². The monoisotopic (exact) mass is 284 g/mol. The molecule has 0 bridgehead atoms. The SMILES string of the molecule is CCOC(Cn1ccnc1)c1ccc(Cl)cc1Cl. The lowest BCUT2D eigenvalue weighted by molar-refractivity contribution is 0.0498. The van der Waals surface area contributed by atoms with E-state index in [9.17, 15) is 0 Å². The highest BCUT2D eigenvalue weighted by Crippen LogP contribution is 2.29. The molecule has 1 heterocycles. The minimum atomic E-state index is -0.103. The second-order valence-electron chi connectivity index (χ2n) is 3.87. The zero-order valence-electron chi connectivity index (χ0n) is 10.0. The van der Waals surface area contributed by atoms with Crippen molar-refractivity contribution in [3.05, 3.63) is 52.5 Å². The third-order valence-corrected chi connectivity index (χ3v) is 3.18. The zero-order chi connectivity index (χ0) is 13.0. The van der Waals surface area contributed by atoms with Crippen LogP contribution in [0.15, 0.2) is 36.9 Å². The molecule has 1 aromatic carbocycles. The lowest BCUT2D eigenvalue weighted by atomic mass is 10.1. The van der Waals surface area contributed by atoms with Crippen molar-refractivity contribution >= 4 is 23.2 Å². The van der Waals surface area contributed by atoms with E-state index in [-0.39, 0.29) is 6.10 Å². The van der Waals surface area contributed by atoms with Gasteiger partial charge >= 0.3 is 0 Å². The van der Waals surface area contributed by atoms with Gasteiger partial charge in [-0.2, -0.15) is 0 Å². The van der Waals surface area contributed by atoms with Crippen LogP contribution in [0, 0.1) is 0 Å². The van der Waals surface area contributed by atoms with Crippen LogP contribution in [-0.4, -0.2) is 16.2 Å². The highest BCUT2D eigenvalue weighted by molar-refractivity contribution is 6.35. The van der Waals surface area contributed by atoms with Crippen LogP contribution >= 0.6 is 23.2 Å². The van der Waals surface area contributed by atoms with Gasteiger partial charge in [-0.15, -0.1) is 0 Å². The molecule has 0 radical (unpaired) electrons. The first-order valence-corrected chi connectivity index (χ1v) is 6.48. The molecule has 1 unspecified atom stereocenters. The number of rotatable bonds is 5. The number of aromatic nitrogens is 2. The van der Waals surface area contributed by atoms with Crippen LogP contribution in [0.3, 0.4) is 0 Å². The van der Waals surface area contributed by atoms with Crippen LogP contribution in [0.5, 0.6) is 0 Å². The van der Waals surface area contributed by atoms with Gasteiger partial charge in [-0.25, -0.2) is 4.98 Å². The summed E-state index contributed by atoms with van der Waals surface area (Å²) in [7, 11) is 0. The van der Waals surface area contributed by atoms with Crippen LogP contribution in [0.2, 0.25) is 10.0 Å². The summed E-state index contributed by atoms with van der Waals surface area (Å²) < 4.78 is 7.71. The number of benzene rings is 1. The average Bonchev–Trinajstić information content (AvgIpc) is 2.81. The predicted molar refractivity (Wildman–Crippen MR) is 73.1 cm³/mol. The van der Waals surface area contributed by atoms with Gasteiger partial charge in [0.25, 0.3) is 0 Å². The average molecular weight is 285 g/mol. The van der Waals surface area contributed by atoms with E-state index in [4.69, 9.17) is 27.9 Å². The summed E-state index contributed by atoms with van der Waals surface area (Å²) >= 11 is 12.1. The molecule has 96 valence electrons. The van der Waals surface area contributed by atoms with Crippen LogP contribution < -0.4 is 0 Å². The van der Waals surface area contributed by atoms with Crippen LogP contribution in [0.25, 0.3) is 0 Å². The maximum Gasteiger partial charge on any atom is 0.102 e. The van der Waals surface area contributed by atoms with Gasteiger partial charge in [0, 0.05) is 34.6 Å². The van der Waals surface area contributed by atoms with Crippen LogP contribution in [0.1, 0.15) is 18.6 Å². The molecule has 0 fully saturated rings. The normalized spacial score (nSPS) is 12.6. The molecule has 0 N–H and O–H groups in total. The molecule has 0 amide bonds. The summed E-state index contributed by atoms with van der Waals surface area (Å²) in [4.78, 5) is 4.02. The number of imidazole rings is 1. The second-order valence-corrected chi connectivity index (χ2v) is 4.71. The molecule has 0 saturated heterocycles. The van der Waals surface area contributed by atoms with Crippen molar-refractivity contribution < 1.29 is 4.74 Å². The molecule has 2 rings (SSSR count). The standard InChI is InChI=1S/C13H14Cl2N2O/c1-2-18-13(8-17-6-5-16-9-17)11-4-3-10(14)7-12(11)15/h3-7,9,13H,2,8H2,1H3. The number of hydrogen-bond acceptors (Lipinski definition) is 2. The summed E-state index contributed by atoms with van der Waals surface area (Å²) in [5, 5.41) is 1.25. The van der Waals surface area contributed by atoms with Crippen molar-refractivity contribution in [3.8, 4) is 0 Å². The van der Waals surface area contributed by atoms with Gasteiger partial charge in [-0.1, -0.05) is 29.3 Å². The summed E-state index contributed by atoms with van der Waals surface area (Å²) in [5.41, 5.74) is 0.941. The summed E-state index contributed by atoms with van der Waals surface area (Å²) in [6.07, 6.45) is 5.30. The van der Waals surface area contributed by atoms with Gasteiger partial charge in [0.1, 0.15) is 6.10 Å². The lowest BCUT2D eigenvalue weighted by Crippen LogP contribution is -2.12. The molecular weight excluding hydrogens is 271 g/mol. The smallest absolute Gasteiger partial charge is 0.102 e. The number of hydrogen-bond donors (Lipinski definition) is 0. The van der Waals surface area contributed by atoms with Gasteiger partial charge in [-0.3, -0.25) is 0 Å². The quantitative estimate of drug-likeness (QED) is 0.831. The number of nitrogens with zero attached hydrogens (tertiary/aromatic N) is 2. The van der Waals surface area contributed by atoms with E-state index in [1.807, 2.05) is 29.8 Å². The topological polar surface area (TPSA) is 27.1 Å². The fraction of sp³-hybridized carbons (Fsp3) is 0.308. The fourth-order valence-electron chi connectivity index (χ4n) is 1.79. The molecule has 18 heavy (non-hydrogen) atoms. The van der Waals surface area contributed by atoms with E-state index in [1.165, 1.54) is 0 Å². The van der Waals surface area contributed by atoms with Crippen molar-refractivity contribution in [2.24, 2.45) is 0 Å². The Labute approximate surface area is 116 Å². The van der Waals surface area contributed by atoms with Gasteiger partial charge in [0.05, 0.1) is 12.9 Å². The number of halogens is 2. The molecule has 0 aliphatic rings. The zero-order valence-corrected chi connectivity index (χ0v) is 11.5. The molecule has 0 spiro atoms. The fourth-order valence-corrected chi connectivity index (χ4v) is 2.32. The van der Waals surface area contributed by atoms with Gasteiger partial charge < -0.3 is 9.30 Å². The molecule has 1 atom stereocenters. The Morgan fingerprint density at radius 2 is 2.22 bits per heavy atom. The van der Waals surface area contributed by atoms with Gasteiger partial charge in [0.2, 0.25) is 0 Å². The largest absolute Gasteiger partial charge is 0.372 e. The Morgan fingerprint density at radius 1 is 1.39 bits per heavy atom. The summed E-state index contributed by atoms with van der Waals surface area (Å²) in [5.74, 6) is 0. The molecule has 0 aliphatic heterocycles. The van der Waals surface area contributed by atoms with Crippen LogP contribution in [-0.2, 0) is 11.3 Å². The molecular formula is C13H14Cl2N2O. The van der Waals surface area contributed by atoms with E-state index in [1.54, 1.807) is 18.6 Å². The Balaban J connectivity index is 2.23. The van der Waals surface area contributed by atoms with Gasteiger partial charge in [0.15, 0.2) is 0 Å². The molecule has 0 saturated carbocycles. The highest BCUT2D eigenvalue weighted by Gasteiger charge is 2.15. The maximum atomic E-state index is 6.21. The van der Waals surface area contributed by atoms with Crippen molar-refractivity contribution in [1.29, 1.82) is 0 Å². The molecule has 3 nitrogen and oxygen atoms in total. The Bertz CT molecular complexity index is 500. The van der Waals surface area contributed by atoms with Crippen molar-refractivity contribution in [2.45, 2.75) is 19.6 Å². The van der Waals surface area contributed by atoms with E-state index >= 15 is 0 Å². The first kappa shape index (κ1) is 13.4. The molecule has 0 aliphatic carbocycles. The number of ether oxygens (including phenoxy) is 1. The Hall–Kier alpha value is -1.03. The lowest BCUT2D eigenvalue weighted by Gasteiger charge is -2.19. The third kappa shape index (κ3) is 3.25. The predicted octanol–water partition coefficient (Wildman–Crippen LogP) is 3.97. The molecule has 2 aromatic rings. The Kier molecular flexibility index (Phi) is 4.64. The van der Waals surface area contributed by atoms with Crippen molar-refractivity contribution in [2.75, 3.05) is 6.61 Å². The first-order chi connectivity index (χ1) is 8.70. The second kappa shape index (κ2) is 6.23. The highest BCUT2D eigenvalue weighted by atomic mass is 35.5. The Morgan fingerprint density at radius 3 is 2.83 bits per heavy atom. The summed E-state index contributed by atoms with van der Waals surface area (Å²) in [6.45, 7) is 3.26. The minimum Gasteiger partial charge on any atom is -0.372 e. The van der Waals surface area contributed by atoms with E-state index in [2.05, 4.69) is 4.98 Å². The maximum absolute atomic E-state index is 6.21. The van der Waals surface area contributed by atoms with E-state index < -0.39 is 0 Å². The van der Waals surface area contributed by atoms with E-state index in [0.29, 0.717) is 23.2 Å². The summed E-state index contributed by atoms with van der Waals surface area (Å²) in [6, 6.07) is 5.46. The molecule has 1 aromatic heterocycles. The molecule has 5 heteroatoms. The minimum absolute atomic E-state index is 0.103. The van der Waals surface area contributed by atoms with E-state index in [0.717, 1.165) is 5.56 Å².